The number of esters is 2. The second kappa shape index (κ2) is 21.2. The van der Waals surface area contributed by atoms with Crippen molar-refractivity contribution in [3.05, 3.63) is 41.3 Å². The molecule has 4 unspecified atom stereocenters. The number of carboxylic acids is 2. The van der Waals surface area contributed by atoms with Gasteiger partial charge in [-0.05, 0) is 57.7 Å². The van der Waals surface area contributed by atoms with Crippen LogP contribution in [0.5, 0.6) is 0 Å². The van der Waals surface area contributed by atoms with Gasteiger partial charge in [-0.1, -0.05) is 56.1 Å². The van der Waals surface area contributed by atoms with Crippen molar-refractivity contribution in [2.75, 3.05) is 14.2 Å². The summed E-state index contributed by atoms with van der Waals surface area (Å²) < 4.78 is 10.6. The van der Waals surface area contributed by atoms with Crippen molar-refractivity contribution >= 4 is 41.3 Å². The molecular formula is C28H37CrN2O8S. The number of unbranched alkanes of at least 4 members (excludes halogenated alkanes) is 5. The molecule has 0 amide bonds. The number of isothiocyanates is 1. The molecule has 0 aliphatic carbocycles. The molecule has 2 fully saturated rings. The van der Waals surface area contributed by atoms with Crippen LogP contribution in [-0.4, -0.2) is 66.3 Å². The van der Waals surface area contributed by atoms with Crippen LogP contribution in [0.3, 0.4) is 0 Å². The average Bonchev–Trinajstić information content (AvgIpc) is 3.14. The van der Waals surface area contributed by atoms with Crippen LogP contribution >= 0.6 is 12.2 Å². The fourth-order valence-electron chi connectivity index (χ4n) is 5.01. The number of aliphatic carboxylic acids is 2. The van der Waals surface area contributed by atoms with Gasteiger partial charge in [0.1, 0.15) is 12.0 Å². The van der Waals surface area contributed by atoms with Gasteiger partial charge >= 0.3 is 29.3 Å². The molecule has 2 aliphatic heterocycles. The molecule has 0 aromatic heterocycles. The van der Waals surface area contributed by atoms with Crippen molar-refractivity contribution < 1.29 is 56.2 Å². The number of carboxylic acid groups (broad SMARTS) is 2. The first kappa shape index (κ1) is 37.4. The molecule has 2 heterocycles. The maximum Gasteiger partial charge on any atom is 3.00 e. The van der Waals surface area contributed by atoms with Gasteiger partial charge in [0.05, 0.1) is 12.7 Å². The molecule has 219 valence electrons. The van der Waals surface area contributed by atoms with E-state index in [9.17, 15) is 29.4 Å². The Bertz CT molecular complexity index is 939. The minimum Gasteiger partial charge on any atom is -0.753 e. The van der Waals surface area contributed by atoms with Crippen molar-refractivity contribution in [1.82, 2.24) is 4.90 Å². The van der Waals surface area contributed by atoms with Gasteiger partial charge in [-0.3, -0.25) is 9.69 Å². The predicted octanol–water partition coefficient (Wildman–Crippen LogP) is 2.13. The fourth-order valence-corrected chi connectivity index (χ4v) is 5.01. The fraction of sp³-hybridized carbons (Fsp3) is 0.607. The van der Waals surface area contributed by atoms with Crippen molar-refractivity contribution in [2.24, 2.45) is 5.92 Å². The molecule has 0 spiro atoms. The van der Waals surface area contributed by atoms with Gasteiger partial charge in [0, 0.05) is 30.4 Å². The summed E-state index contributed by atoms with van der Waals surface area (Å²) in [6.07, 6.45) is 7.48. The van der Waals surface area contributed by atoms with Gasteiger partial charge in [0.25, 0.3) is 0 Å². The third kappa shape index (κ3) is 13.6. The van der Waals surface area contributed by atoms with E-state index >= 15 is 0 Å². The normalized spacial score (nSPS) is 20.6. The number of fused-ring (bicyclic) bond motifs is 2. The van der Waals surface area contributed by atoms with Crippen molar-refractivity contribution in [1.29, 1.82) is 0 Å². The van der Waals surface area contributed by atoms with Gasteiger partial charge in [-0.25, -0.2) is 4.79 Å². The number of thiocarbonyl (C=S) groups is 1. The first-order chi connectivity index (χ1) is 18.7. The first-order valence-corrected chi connectivity index (χ1v) is 13.5. The number of hydrogen-bond donors (Lipinski definition) is 0. The van der Waals surface area contributed by atoms with Crippen LogP contribution in [0.4, 0.5) is 0 Å². The molecule has 4 atom stereocenters. The maximum absolute atomic E-state index is 12.3. The van der Waals surface area contributed by atoms with E-state index in [1.165, 1.54) is 12.3 Å². The smallest absolute Gasteiger partial charge is 0.753 e. The quantitative estimate of drug-likeness (QED) is 0.148. The van der Waals surface area contributed by atoms with E-state index in [4.69, 9.17) is 14.9 Å². The van der Waals surface area contributed by atoms with Crippen LogP contribution in [0, 0.1) is 5.92 Å². The van der Waals surface area contributed by atoms with Gasteiger partial charge in [-0.2, -0.15) is 5.16 Å². The zero-order valence-corrected chi connectivity index (χ0v) is 25.0. The monoisotopic (exact) mass is 613 g/mol. The molecular weight excluding hydrogens is 576 g/mol. The number of hydrogen-bond acceptors (Lipinski definition) is 10. The van der Waals surface area contributed by atoms with Gasteiger partial charge in [0.15, 0.2) is 0 Å². The second-order valence-electron chi connectivity index (χ2n) is 9.52. The molecule has 1 aromatic carbocycles. The molecule has 0 saturated carbocycles. The largest absolute Gasteiger partial charge is 3.00 e. The van der Waals surface area contributed by atoms with Gasteiger partial charge in [-0.15, -0.1) is 0 Å². The second-order valence-corrected chi connectivity index (χ2v) is 9.70. The standard InChI is InChI=1S/C17H21NO4.C10H18O4.CNS.Cr/c1-18-12-8-9-13(18)15(17(20)21-2)14(10-12)22-16(19)11-6-4-3-5-7-11;11-9(12)7-5-3-1-2-4-6-8-10(13)14;2-1-3;/h3-7,12-15H,8-10H2,1-2H3;1-8H2,(H,11,12)(H,13,14);;/q;;-1;+3/p-2. The Hall–Kier alpha value is -2.61. The van der Waals surface area contributed by atoms with Crippen LogP contribution < -0.4 is 10.2 Å². The van der Waals surface area contributed by atoms with E-state index in [2.05, 4.69) is 17.1 Å². The van der Waals surface area contributed by atoms with Crippen LogP contribution in [0.1, 0.15) is 81.0 Å². The molecule has 10 nitrogen and oxygen atoms in total. The minimum atomic E-state index is -0.998. The summed E-state index contributed by atoms with van der Waals surface area (Å²) in [5.74, 6) is -3.06. The SMILES string of the molecule is COC(=O)C1C(OC(=O)c2ccccc2)CC2CCC1N2C.O=C([O-])CCCCCCCCC(=O)[O-].[Cr+3].[N-]=C=S. The third-order valence-electron chi connectivity index (χ3n) is 6.97. The van der Waals surface area contributed by atoms with E-state index in [1.54, 1.807) is 24.3 Å². The Kier molecular flexibility index (Phi) is 19.8. The van der Waals surface area contributed by atoms with Crippen molar-refractivity contribution in [3.8, 4) is 0 Å². The topological polar surface area (TPSA) is 158 Å². The number of benzene rings is 1. The predicted molar refractivity (Wildman–Crippen MR) is 143 cm³/mol. The number of piperidine rings is 1. The minimum absolute atomic E-state index is 0. The van der Waals surface area contributed by atoms with E-state index < -0.39 is 24.0 Å². The summed E-state index contributed by atoms with van der Waals surface area (Å²) in [7, 11) is 3.42. The number of ether oxygens (including phenoxy) is 2. The Balaban J connectivity index is 0.000000736. The Labute approximate surface area is 252 Å². The summed E-state index contributed by atoms with van der Waals surface area (Å²) in [5, 5.41) is 28.5. The van der Waals surface area contributed by atoms with Crippen LogP contribution in [0.25, 0.3) is 5.41 Å². The number of carbonyl (C=O) groups excluding carboxylic acids is 4. The molecule has 0 N–H and O–H groups in total. The maximum atomic E-state index is 12.3. The number of carbonyl (C=O) groups is 4. The van der Waals surface area contributed by atoms with Gasteiger partial charge < -0.3 is 34.7 Å². The van der Waals surface area contributed by atoms with Gasteiger partial charge in [0.2, 0.25) is 0 Å². The molecule has 1 aromatic rings. The summed E-state index contributed by atoms with van der Waals surface area (Å²) in [5.41, 5.74) is 0.511. The molecule has 2 bridgehead atoms. The summed E-state index contributed by atoms with van der Waals surface area (Å²) in [6, 6.07) is 9.36. The van der Waals surface area contributed by atoms with E-state index in [-0.39, 0.29) is 48.2 Å². The van der Waals surface area contributed by atoms with Crippen LogP contribution in [0.15, 0.2) is 30.3 Å². The summed E-state index contributed by atoms with van der Waals surface area (Å²) in [6.45, 7) is 0. The van der Waals surface area contributed by atoms with Crippen molar-refractivity contribution in [2.45, 2.75) is 88.8 Å². The third-order valence-corrected chi connectivity index (χ3v) is 6.97. The molecule has 3 rings (SSSR count). The average molecular weight is 614 g/mol. The summed E-state index contributed by atoms with van der Waals surface area (Å²) >= 11 is 3.70. The summed E-state index contributed by atoms with van der Waals surface area (Å²) in [4.78, 5) is 46.8. The number of nitrogens with zero attached hydrogens (tertiary/aromatic N) is 2. The Morgan fingerprint density at radius 1 is 0.975 bits per heavy atom. The van der Waals surface area contributed by atoms with E-state index in [1.807, 2.05) is 13.1 Å². The van der Waals surface area contributed by atoms with Crippen molar-refractivity contribution in [3.63, 3.8) is 0 Å². The van der Waals surface area contributed by atoms with E-state index in [0.717, 1.165) is 38.5 Å². The molecule has 12 heteroatoms. The first-order valence-electron chi connectivity index (χ1n) is 13.1. The Morgan fingerprint density at radius 3 is 1.95 bits per heavy atom. The molecule has 1 radical (unpaired) electrons. The molecule has 40 heavy (non-hydrogen) atoms. The van der Waals surface area contributed by atoms with Crippen LogP contribution in [-0.2, 0) is 41.2 Å². The number of methoxy groups -OCH3 is 1. The molecule has 2 aliphatic rings. The zero-order valence-electron chi connectivity index (χ0n) is 23.0. The zero-order chi connectivity index (χ0) is 29.2. The van der Waals surface area contributed by atoms with Crippen LogP contribution in [0.2, 0.25) is 0 Å². The van der Waals surface area contributed by atoms with E-state index in [0.29, 0.717) is 30.9 Å². The number of rotatable bonds is 12. The molecule has 2 saturated heterocycles. The Morgan fingerprint density at radius 2 is 1.48 bits per heavy atom.